The van der Waals surface area contributed by atoms with Gasteiger partial charge in [-0.05, 0) is 0 Å². The van der Waals surface area contributed by atoms with Gasteiger partial charge < -0.3 is 14.2 Å². The SMILES string of the molecule is C[N]c1cc(OC)c(OC)c(OC)c1. The molecule has 1 aromatic rings. The monoisotopic (exact) mass is 196 g/mol. The van der Waals surface area contributed by atoms with E-state index >= 15 is 0 Å². The van der Waals surface area contributed by atoms with E-state index in [1.807, 2.05) is 0 Å². The molecule has 0 saturated heterocycles. The van der Waals surface area contributed by atoms with E-state index in [0.29, 0.717) is 17.2 Å². The minimum Gasteiger partial charge on any atom is -0.493 e. The van der Waals surface area contributed by atoms with Gasteiger partial charge >= 0.3 is 0 Å². The maximum absolute atomic E-state index is 5.17. The Hall–Kier alpha value is -1.58. The van der Waals surface area contributed by atoms with Crippen LogP contribution in [-0.4, -0.2) is 28.4 Å². The van der Waals surface area contributed by atoms with Crippen molar-refractivity contribution in [2.45, 2.75) is 0 Å². The van der Waals surface area contributed by atoms with Crippen LogP contribution in [0.1, 0.15) is 0 Å². The minimum atomic E-state index is 0.586. The highest BCUT2D eigenvalue weighted by Gasteiger charge is 2.12. The lowest BCUT2D eigenvalue weighted by molar-refractivity contribution is 0.324. The van der Waals surface area contributed by atoms with Gasteiger partial charge in [0.2, 0.25) is 5.75 Å². The van der Waals surface area contributed by atoms with Crippen LogP contribution in [0.2, 0.25) is 0 Å². The van der Waals surface area contributed by atoms with Gasteiger partial charge in [-0.1, -0.05) is 0 Å². The number of rotatable bonds is 4. The maximum atomic E-state index is 5.17. The van der Waals surface area contributed by atoms with Crippen molar-refractivity contribution in [1.29, 1.82) is 0 Å². The average molecular weight is 196 g/mol. The third-order valence-corrected chi connectivity index (χ3v) is 1.91. The van der Waals surface area contributed by atoms with E-state index < -0.39 is 0 Å². The summed E-state index contributed by atoms with van der Waals surface area (Å²) in [6.45, 7) is 0. The van der Waals surface area contributed by atoms with Crippen LogP contribution in [0.25, 0.3) is 0 Å². The highest BCUT2D eigenvalue weighted by atomic mass is 16.5. The van der Waals surface area contributed by atoms with Crippen LogP contribution >= 0.6 is 0 Å². The second-order valence-electron chi connectivity index (χ2n) is 2.61. The summed E-state index contributed by atoms with van der Waals surface area (Å²) in [5.74, 6) is 1.82. The molecule has 0 aromatic heterocycles. The molecule has 0 spiro atoms. The molecule has 0 bridgehead atoms. The first-order chi connectivity index (χ1) is 6.76. The Kier molecular flexibility index (Phi) is 3.45. The molecule has 0 fully saturated rings. The van der Waals surface area contributed by atoms with Crippen LogP contribution in [0, 0.1) is 0 Å². The number of hydrogen-bond donors (Lipinski definition) is 0. The lowest BCUT2D eigenvalue weighted by Gasteiger charge is -2.12. The lowest BCUT2D eigenvalue weighted by Crippen LogP contribution is -1.96. The summed E-state index contributed by atoms with van der Waals surface area (Å²) in [4.78, 5) is 0. The molecule has 0 N–H and O–H groups in total. The zero-order chi connectivity index (χ0) is 10.6. The minimum absolute atomic E-state index is 0.586. The van der Waals surface area contributed by atoms with Crippen molar-refractivity contribution < 1.29 is 14.2 Å². The van der Waals surface area contributed by atoms with E-state index in [-0.39, 0.29) is 0 Å². The molecule has 1 radical (unpaired) electrons. The van der Waals surface area contributed by atoms with Gasteiger partial charge in [-0.15, -0.1) is 0 Å². The van der Waals surface area contributed by atoms with Crippen molar-refractivity contribution in [3.05, 3.63) is 12.1 Å². The standard InChI is InChI=1S/C10H14NO3/c1-11-7-5-8(12-2)10(14-4)9(6-7)13-3/h5-6H,1-4H3. The zero-order valence-corrected chi connectivity index (χ0v) is 8.83. The number of benzene rings is 1. The number of ether oxygens (including phenoxy) is 3. The average Bonchev–Trinajstić information content (AvgIpc) is 2.26. The first-order valence-corrected chi connectivity index (χ1v) is 4.16. The fourth-order valence-electron chi connectivity index (χ4n) is 1.20. The maximum Gasteiger partial charge on any atom is 0.203 e. The molecule has 0 saturated carbocycles. The van der Waals surface area contributed by atoms with Crippen molar-refractivity contribution in [1.82, 2.24) is 5.32 Å². The zero-order valence-electron chi connectivity index (χ0n) is 8.83. The number of nitrogens with zero attached hydrogens (tertiary/aromatic N) is 1. The van der Waals surface area contributed by atoms with Crippen LogP contribution in [0.4, 0.5) is 5.69 Å². The molecule has 0 unspecified atom stereocenters. The molecule has 1 rings (SSSR count). The summed E-state index contributed by atoms with van der Waals surface area (Å²) in [5, 5.41) is 4.05. The van der Waals surface area contributed by atoms with Crippen LogP contribution < -0.4 is 19.5 Å². The van der Waals surface area contributed by atoms with E-state index in [2.05, 4.69) is 5.32 Å². The molecule has 14 heavy (non-hydrogen) atoms. The van der Waals surface area contributed by atoms with Crippen molar-refractivity contribution in [2.75, 3.05) is 28.4 Å². The van der Waals surface area contributed by atoms with Crippen LogP contribution in [0.15, 0.2) is 12.1 Å². The normalized spacial score (nSPS) is 9.43. The van der Waals surface area contributed by atoms with E-state index in [9.17, 15) is 0 Å². The van der Waals surface area contributed by atoms with Crippen molar-refractivity contribution in [3.63, 3.8) is 0 Å². The second-order valence-corrected chi connectivity index (χ2v) is 2.61. The third-order valence-electron chi connectivity index (χ3n) is 1.91. The first kappa shape index (κ1) is 10.5. The van der Waals surface area contributed by atoms with Gasteiger partial charge in [0.05, 0.1) is 27.0 Å². The van der Waals surface area contributed by atoms with Crippen molar-refractivity contribution in [3.8, 4) is 17.2 Å². The molecule has 1 aromatic carbocycles. The van der Waals surface area contributed by atoms with Gasteiger partial charge in [0.15, 0.2) is 11.5 Å². The summed E-state index contributed by atoms with van der Waals surface area (Å²) in [6.07, 6.45) is 0. The summed E-state index contributed by atoms with van der Waals surface area (Å²) in [5.41, 5.74) is 0.791. The molecular weight excluding hydrogens is 182 g/mol. The fraction of sp³-hybridized carbons (Fsp3) is 0.400. The Labute approximate surface area is 83.8 Å². The number of methoxy groups -OCH3 is 3. The Morgan fingerprint density at radius 1 is 0.929 bits per heavy atom. The van der Waals surface area contributed by atoms with Crippen LogP contribution in [-0.2, 0) is 0 Å². The quantitative estimate of drug-likeness (QED) is 0.734. The topological polar surface area (TPSA) is 41.8 Å². The smallest absolute Gasteiger partial charge is 0.203 e. The molecule has 0 aliphatic rings. The molecular formula is C10H14NO3. The predicted octanol–water partition coefficient (Wildman–Crippen LogP) is 1.58. The molecule has 0 heterocycles. The molecule has 0 atom stereocenters. The third kappa shape index (κ3) is 1.84. The summed E-state index contributed by atoms with van der Waals surface area (Å²) in [6, 6.07) is 3.59. The Bertz CT molecular complexity index is 287. The van der Waals surface area contributed by atoms with Gasteiger partial charge in [0.1, 0.15) is 0 Å². The molecule has 0 aliphatic carbocycles. The summed E-state index contributed by atoms with van der Waals surface area (Å²) < 4.78 is 15.5. The second kappa shape index (κ2) is 4.60. The Morgan fingerprint density at radius 3 is 1.71 bits per heavy atom. The lowest BCUT2D eigenvalue weighted by atomic mass is 10.2. The van der Waals surface area contributed by atoms with Crippen molar-refractivity contribution >= 4 is 5.69 Å². The Balaban J connectivity index is 3.24. The summed E-state index contributed by atoms with van der Waals surface area (Å²) >= 11 is 0. The fourth-order valence-corrected chi connectivity index (χ4v) is 1.20. The first-order valence-electron chi connectivity index (χ1n) is 4.16. The van der Waals surface area contributed by atoms with Gasteiger partial charge in [0, 0.05) is 19.2 Å². The highest BCUT2D eigenvalue weighted by molar-refractivity contribution is 5.59. The number of hydrogen-bond acceptors (Lipinski definition) is 3. The molecule has 4 nitrogen and oxygen atoms in total. The van der Waals surface area contributed by atoms with Gasteiger partial charge in [0.25, 0.3) is 0 Å². The summed E-state index contributed by atoms with van der Waals surface area (Å²) in [7, 11) is 6.44. The van der Waals surface area contributed by atoms with Gasteiger partial charge in [-0.25, -0.2) is 0 Å². The van der Waals surface area contributed by atoms with Crippen LogP contribution in [0.3, 0.4) is 0 Å². The van der Waals surface area contributed by atoms with E-state index in [1.54, 1.807) is 40.5 Å². The molecule has 4 heteroatoms. The Morgan fingerprint density at radius 2 is 1.43 bits per heavy atom. The van der Waals surface area contributed by atoms with E-state index in [4.69, 9.17) is 14.2 Å². The van der Waals surface area contributed by atoms with Crippen molar-refractivity contribution in [2.24, 2.45) is 0 Å². The highest BCUT2D eigenvalue weighted by Crippen LogP contribution is 2.39. The van der Waals surface area contributed by atoms with E-state index in [1.165, 1.54) is 0 Å². The van der Waals surface area contributed by atoms with Gasteiger partial charge in [-0.3, -0.25) is 5.32 Å². The molecule has 0 amide bonds. The van der Waals surface area contributed by atoms with Crippen LogP contribution in [0.5, 0.6) is 17.2 Å². The van der Waals surface area contributed by atoms with E-state index in [0.717, 1.165) is 5.69 Å². The largest absolute Gasteiger partial charge is 0.493 e. The molecule has 77 valence electrons. The molecule has 0 aliphatic heterocycles. The van der Waals surface area contributed by atoms with Gasteiger partial charge in [-0.2, -0.15) is 0 Å². The predicted molar refractivity (Wildman–Crippen MR) is 53.8 cm³/mol.